The molecule has 0 radical (unpaired) electrons. The second-order valence-electron chi connectivity index (χ2n) is 5.69. The van der Waals surface area contributed by atoms with Crippen LogP contribution < -0.4 is 4.74 Å². The maximum Gasteiger partial charge on any atom is 0.222 e. The number of benzene rings is 1. The van der Waals surface area contributed by atoms with Gasteiger partial charge in [0.1, 0.15) is 5.75 Å². The van der Waals surface area contributed by atoms with Crippen molar-refractivity contribution in [2.24, 2.45) is 5.92 Å². The van der Waals surface area contributed by atoms with Gasteiger partial charge in [0, 0.05) is 38.7 Å². The highest BCUT2D eigenvalue weighted by Crippen LogP contribution is 2.21. The van der Waals surface area contributed by atoms with Gasteiger partial charge in [-0.15, -0.1) is 0 Å². The molecule has 0 bridgehead atoms. The zero-order chi connectivity index (χ0) is 14.5. The summed E-state index contributed by atoms with van der Waals surface area (Å²) in [4.78, 5) is 15.7. The third-order valence-corrected chi connectivity index (χ3v) is 3.93. The van der Waals surface area contributed by atoms with Crippen LogP contribution in [0.2, 0.25) is 0 Å². The molecule has 4 nitrogen and oxygen atoms in total. The predicted octanol–water partition coefficient (Wildman–Crippen LogP) is 2.00. The molecule has 2 rings (SSSR count). The molecule has 1 unspecified atom stereocenters. The highest BCUT2D eigenvalue weighted by molar-refractivity contribution is 5.76. The average molecular weight is 276 g/mol. The molecule has 110 valence electrons. The Bertz CT molecular complexity index is 462. The van der Waals surface area contributed by atoms with Gasteiger partial charge in [-0.3, -0.25) is 4.79 Å². The second kappa shape index (κ2) is 6.75. The molecule has 1 atom stereocenters. The van der Waals surface area contributed by atoms with Gasteiger partial charge in [-0.25, -0.2) is 0 Å². The Kier molecular flexibility index (Phi) is 5.01. The van der Waals surface area contributed by atoms with Crippen molar-refractivity contribution < 1.29 is 9.53 Å². The Balaban J connectivity index is 1.89. The lowest BCUT2D eigenvalue weighted by atomic mass is 9.97. The number of likely N-dealkylation sites (tertiary alicyclic amines) is 1. The highest BCUT2D eigenvalue weighted by atomic mass is 16.5. The lowest BCUT2D eigenvalue weighted by molar-refractivity contribution is -0.133. The first kappa shape index (κ1) is 14.9. The highest BCUT2D eigenvalue weighted by Gasteiger charge is 2.23. The minimum atomic E-state index is 0.272. The zero-order valence-corrected chi connectivity index (χ0v) is 12.6. The summed E-state index contributed by atoms with van der Waals surface area (Å²) >= 11 is 0. The zero-order valence-electron chi connectivity index (χ0n) is 12.6. The number of para-hydroxylation sites is 1. The number of hydrogen-bond donors (Lipinski definition) is 0. The summed E-state index contributed by atoms with van der Waals surface area (Å²) in [7, 11) is 5.73. The van der Waals surface area contributed by atoms with Crippen molar-refractivity contribution in [3.8, 4) is 5.75 Å². The van der Waals surface area contributed by atoms with Crippen molar-refractivity contribution in [2.75, 3.05) is 34.3 Å². The molecule has 1 saturated heterocycles. The number of hydrogen-bond acceptors (Lipinski definition) is 3. The van der Waals surface area contributed by atoms with E-state index in [2.05, 4.69) is 18.0 Å². The maximum atomic E-state index is 11.5. The van der Waals surface area contributed by atoms with Crippen molar-refractivity contribution in [3.63, 3.8) is 0 Å². The van der Waals surface area contributed by atoms with Crippen molar-refractivity contribution in [1.82, 2.24) is 9.80 Å². The molecule has 1 aromatic carbocycles. The molecule has 1 fully saturated rings. The molecule has 20 heavy (non-hydrogen) atoms. The summed E-state index contributed by atoms with van der Waals surface area (Å²) in [6.45, 7) is 2.75. The van der Waals surface area contributed by atoms with E-state index in [-0.39, 0.29) is 5.91 Å². The molecule has 0 saturated carbocycles. The molecule has 1 aromatic rings. The molecule has 1 heterocycles. The monoisotopic (exact) mass is 276 g/mol. The Morgan fingerprint density at radius 2 is 2.15 bits per heavy atom. The Labute approximate surface area is 121 Å². The first-order valence-corrected chi connectivity index (χ1v) is 7.14. The Hall–Kier alpha value is -1.55. The number of rotatable bonds is 5. The van der Waals surface area contributed by atoms with Crippen LogP contribution in [0.15, 0.2) is 24.3 Å². The molecular weight excluding hydrogens is 252 g/mol. The average Bonchev–Trinajstić information content (AvgIpc) is 2.43. The van der Waals surface area contributed by atoms with Gasteiger partial charge in [-0.2, -0.15) is 0 Å². The van der Waals surface area contributed by atoms with Gasteiger partial charge in [-0.05, 0) is 25.5 Å². The van der Waals surface area contributed by atoms with Gasteiger partial charge in [0.15, 0.2) is 0 Å². The summed E-state index contributed by atoms with van der Waals surface area (Å²) in [6, 6.07) is 8.13. The Morgan fingerprint density at radius 1 is 1.40 bits per heavy atom. The smallest absolute Gasteiger partial charge is 0.222 e. The number of carbonyl (C=O) groups is 1. The van der Waals surface area contributed by atoms with Gasteiger partial charge in [0.05, 0.1) is 7.11 Å². The molecular formula is C16H24N2O2. The van der Waals surface area contributed by atoms with Gasteiger partial charge in [-0.1, -0.05) is 18.2 Å². The number of amides is 1. The van der Waals surface area contributed by atoms with Crippen LogP contribution in [0.25, 0.3) is 0 Å². The SMILES string of the molecule is COc1ccccc1CN(C)CC1CCC(=O)N(C)C1. The van der Waals surface area contributed by atoms with Crippen molar-refractivity contribution in [2.45, 2.75) is 19.4 Å². The summed E-state index contributed by atoms with van der Waals surface area (Å²) in [6.07, 6.45) is 1.68. The van der Waals surface area contributed by atoms with Crippen LogP contribution in [-0.4, -0.2) is 50.0 Å². The fourth-order valence-electron chi connectivity index (χ4n) is 2.88. The molecule has 1 aliphatic rings. The lowest BCUT2D eigenvalue weighted by Gasteiger charge is -2.32. The third kappa shape index (κ3) is 3.73. The van der Waals surface area contributed by atoms with Crippen LogP contribution >= 0.6 is 0 Å². The largest absolute Gasteiger partial charge is 0.496 e. The third-order valence-electron chi connectivity index (χ3n) is 3.93. The standard InChI is InChI=1S/C16H24N2O2/c1-17(10-13-8-9-16(19)18(2)11-13)12-14-6-4-5-7-15(14)20-3/h4-7,13H,8-12H2,1-3H3. The van der Waals surface area contributed by atoms with Crippen LogP contribution in [0.5, 0.6) is 5.75 Å². The number of ether oxygens (including phenoxy) is 1. The van der Waals surface area contributed by atoms with Crippen molar-refractivity contribution in [3.05, 3.63) is 29.8 Å². The fraction of sp³-hybridized carbons (Fsp3) is 0.562. The van der Waals surface area contributed by atoms with Crippen molar-refractivity contribution >= 4 is 5.91 Å². The lowest BCUT2D eigenvalue weighted by Crippen LogP contribution is -2.41. The number of methoxy groups -OCH3 is 1. The van der Waals surface area contributed by atoms with E-state index in [0.717, 1.165) is 31.8 Å². The minimum absolute atomic E-state index is 0.272. The second-order valence-corrected chi connectivity index (χ2v) is 5.69. The Morgan fingerprint density at radius 3 is 2.85 bits per heavy atom. The molecule has 0 aromatic heterocycles. The first-order valence-electron chi connectivity index (χ1n) is 7.14. The van der Waals surface area contributed by atoms with Crippen LogP contribution in [0.4, 0.5) is 0 Å². The predicted molar refractivity (Wildman–Crippen MR) is 79.7 cm³/mol. The molecule has 0 aliphatic carbocycles. The summed E-state index contributed by atoms with van der Waals surface area (Å²) < 4.78 is 5.39. The summed E-state index contributed by atoms with van der Waals surface area (Å²) in [5.74, 6) is 1.78. The van der Waals surface area contributed by atoms with E-state index in [9.17, 15) is 4.79 Å². The molecule has 0 N–H and O–H groups in total. The van der Waals surface area contributed by atoms with E-state index >= 15 is 0 Å². The number of carbonyl (C=O) groups excluding carboxylic acids is 1. The van der Waals surface area contributed by atoms with Gasteiger partial charge in [0.2, 0.25) is 5.91 Å². The summed E-state index contributed by atoms with van der Waals surface area (Å²) in [5.41, 5.74) is 1.21. The van der Waals surface area contributed by atoms with Crippen molar-refractivity contribution in [1.29, 1.82) is 0 Å². The van der Waals surface area contributed by atoms with Crippen LogP contribution in [0.1, 0.15) is 18.4 Å². The van der Waals surface area contributed by atoms with E-state index in [1.807, 2.05) is 30.1 Å². The van der Waals surface area contributed by atoms with Crippen LogP contribution in [0.3, 0.4) is 0 Å². The van der Waals surface area contributed by atoms with E-state index in [1.165, 1.54) is 5.56 Å². The fourth-order valence-corrected chi connectivity index (χ4v) is 2.88. The van der Waals surface area contributed by atoms with Crippen LogP contribution in [0, 0.1) is 5.92 Å². The molecule has 4 heteroatoms. The van der Waals surface area contributed by atoms with Gasteiger partial charge < -0.3 is 14.5 Å². The quantitative estimate of drug-likeness (QED) is 0.824. The number of piperidine rings is 1. The van der Waals surface area contributed by atoms with Gasteiger partial charge >= 0.3 is 0 Å². The maximum absolute atomic E-state index is 11.5. The number of nitrogens with zero attached hydrogens (tertiary/aromatic N) is 2. The van der Waals surface area contributed by atoms with Crippen LogP contribution in [-0.2, 0) is 11.3 Å². The van der Waals surface area contributed by atoms with Gasteiger partial charge in [0.25, 0.3) is 0 Å². The topological polar surface area (TPSA) is 32.8 Å². The molecule has 0 spiro atoms. The molecule has 1 aliphatic heterocycles. The van der Waals surface area contributed by atoms with E-state index in [4.69, 9.17) is 4.74 Å². The van der Waals surface area contributed by atoms with E-state index in [1.54, 1.807) is 7.11 Å². The van der Waals surface area contributed by atoms with E-state index in [0.29, 0.717) is 12.3 Å². The minimum Gasteiger partial charge on any atom is -0.496 e. The first-order chi connectivity index (χ1) is 9.60. The summed E-state index contributed by atoms with van der Waals surface area (Å²) in [5, 5.41) is 0. The normalized spacial score (nSPS) is 19.5. The van der Waals surface area contributed by atoms with E-state index < -0.39 is 0 Å². The molecule has 1 amide bonds.